The zero-order chi connectivity index (χ0) is 18.5. The molecule has 0 aromatic heterocycles. The van der Waals surface area contributed by atoms with E-state index < -0.39 is 66.7 Å². The molecule has 0 heterocycles. The molecule has 10 nitrogen and oxygen atoms in total. The highest BCUT2D eigenvalue weighted by Crippen LogP contribution is 2.45. The Hall–Kier alpha value is -2.20. The largest absolute Gasteiger partial charge is 0.481 e. The Morgan fingerprint density at radius 3 is 2.00 bits per heavy atom. The fourth-order valence-electron chi connectivity index (χ4n) is 3.66. The lowest BCUT2D eigenvalue weighted by Gasteiger charge is -2.55. The minimum absolute atomic E-state index is 0.145. The van der Waals surface area contributed by atoms with Gasteiger partial charge in [-0.3, -0.25) is 24.5 Å². The van der Waals surface area contributed by atoms with Crippen LogP contribution in [0.4, 0.5) is 0 Å². The SMILES string of the molecule is NC1(CC(=O)O)C(CC(=O)O)CCCC1(CC(=O)O)NCC(=O)O. The summed E-state index contributed by atoms with van der Waals surface area (Å²) in [5, 5.41) is 39.0. The van der Waals surface area contributed by atoms with E-state index in [1.807, 2.05) is 0 Å². The fourth-order valence-corrected chi connectivity index (χ4v) is 3.66. The summed E-state index contributed by atoms with van der Waals surface area (Å²) in [5.41, 5.74) is 3.08. The Morgan fingerprint density at radius 1 is 0.958 bits per heavy atom. The summed E-state index contributed by atoms with van der Waals surface area (Å²) in [6.45, 7) is -0.606. The summed E-state index contributed by atoms with van der Waals surface area (Å²) < 4.78 is 0. The molecule has 1 saturated carbocycles. The molecule has 3 atom stereocenters. The van der Waals surface area contributed by atoms with Gasteiger partial charge in [-0.1, -0.05) is 6.42 Å². The molecule has 0 aromatic rings. The maximum atomic E-state index is 11.3. The van der Waals surface area contributed by atoms with Crippen molar-refractivity contribution < 1.29 is 39.6 Å². The molecule has 1 aliphatic rings. The molecule has 136 valence electrons. The van der Waals surface area contributed by atoms with Crippen LogP contribution in [0.5, 0.6) is 0 Å². The van der Waals surface area contributed by atoms with Crippen LogP contribution in [0.2, 0.25) is 0 Å². The van der Waals surface area contributed by atoms with Crippen molar-refractivity contribution in [1.29, 1.82) is 0 Å². The first-order valence-corrected chi connectivity index (χ1v) is 7.43. The lowest BCUT2D eigenvalue weighted by molar-refractivity contribution is -0.149. The summed E-state index contributed by atoms with van der Waals surface area (Å²) in [4.78, 5) is 44.6. The molecule has 24 heavy (non-hydrogen) atoms. The zero-order valence-corrected chi connectivity index (χ0v) is 13.0. The van der Waals surface area contributed by atoms with Crippen molar-refractivity contribution in [3.63, 3.8) is 0 Å². The van der Waals surface area contributed by atoms with Gasteiger partial charge in [0.1, 0.15) is 0 Å². The Balaban J connectivity index is 3.35. The van der Waals surface area contributed by atoms with Crippen LogP contribution in [0.3, 0.4) is 0 Å². The van der Waals surface area contributed by atoms with Crippen molar-refractivity contribution in [1.82, 2.24) is 5.32 Å². The Labute approximate surface area is 137 Å². The lowest BCUT2D eigenvalue weighted by atomic mass is 9.58. The molecule has 1 rings (SSSR count). The Morgan fingerprint density at radius 2 is 1.54 bits per heavy atom. The predicted octanol–water partition coefficient (Wildman–Crippen LogP) is -0.679. The topological polar surface area (TPSA) is 187 Å². The first-order chi connectivity index (χ1) is 11.0. The van der Waals surface area contributed by atoms with E-state index in [4.69, 9.17) is 15.9 Å². The van der Waals surface area contributed by atoms with Crippen molar-refractivity contribution in [2.24, 2.45) is 11.7 Å². The van der Waals surface area contributed by atoms with Crippen molar-refractivity contribution in [3.8, 4) is 0 Å². The average molecular weight is 346 g/mol. The van der Waals surface area contributed by atoms with E-state index in [2.05, 4.69) is 5.32 Å². The van der Waals surface area contributed by atoms with E-state index in [1.54, 1.807) is 0 Å². The second-order valence-corrected chi connectivity index (χ2v) is 6.20. The molecule has 0 radical (unpaired) electrons. The van der Waals surface area contributed by atoms with Crippen LogP contribution >= 0.6 is 0 Å². The van der Waals surface area contributed by atoms with Crippen molar-refractivity contribution in [3.05, 3.63) is 0 Å². The number of nitrogens with one attached hydrogen (secondary N) is 1. The highest BCUT2D eigenvalue weighted by Gasteiger charge is 2.57. The van der Waals surface area contributed by atoms with E-state index in [1.165, 1.54) is 0 Å². The van der Waals surface area contributed by atoms with Gasteiger partial charge >= 0.3 is 23.9 Å². The number of rotatable bonds is 9. The molecule has 0 spiro atoms. The van der Waals surface area contributed by atoms with Crippen LogP contribution in [0.1, 0.15) is 38.5 Å². The second-order valence-electron chi connectivity index (χ2n) is 6.20. The molecule has 0 amide bonds. The number of aliphatic carboxylic acids is 4. The first-order valence-electron chi connectivity index (χ1n) is 7.43. The standard InChI is InChI=1S/C14H22N2O8/c15-14(6-11(21)22)8(4-9(17)18)2-1-3-13(14,5-10(19)20)16-7-12(23)24/h8,16H,1-7,15H2,(H,17,18)(H,19,20)(H,21,22)(H,23,24). The monoisotopic (exact) mass is 346 g/mol. The molecule has 1 aliphatic carbocycles. The minimum atomic E-state index is -1.71. The summed E-state index contributed by atoms with van der Waals surface area (Å²) >= 11 is 0. The van der Waals surface area contributed by atoms with Gasteiger partial charge in [0.15, 0.2) is 0 Å². The predicted molar refractivity (Wildman–Crippen MR) is 79.4 cm³/mol. The molecule has 0 aromatic carbocycles. The molecule has 0 bridgehead atoms. The van der Waals surface area contributed by atoms with Crippen molar-refractivity contribution in [2.75, 3.05) is 6.54 Å². The third kappa shape index (κ3) is 4.42. The maximum absolute atomic E-state index is 11.3. The number of hydrogen-bond donors (Lipinski definition) is 6. The Kier molecular flexibility index (Phi) is 6.27. The third-order valence-electron chi connectivity index (χ3n) is 4.67. The summed E-state index contributed by atoms with van der Waals surface area (Å²) in [7, 11) is 0. The van der Waals surface area contributed by atoms with Gasteiger partial charge in [-0.05, 0) is 18.8 Å². The molecule has 3 unspecified atom stereocenters. The van der Waals surface area contributed by atoms with Gasteiger partial charge in [0.2, 0.25) is 0 Å². The molecule has 1 fully saturated rings. The summed E-state index contributed by atoms with van der Waals surface area (Å²) in [6, 6.07) is 0. The van der Waals surface area contributed by atoms with Crippen LogP contribution in [-0.4, -0.2) is 61.9 Å². The number of carboxylic acid groups (broad SMARTS) is 4. The number of nitrogens with two attached hydrogens (primary N) is 1. The van der Waals surface area contributed by atoms with Crippen LogP contribution in [0.25, 0.3) is 0 Å². The van der Waals surface area contributed by atoms with Gasteiger partial charge in [0.25, 0.3) is 0 Å². The van der Waals surface area contributed by atoms with Gasteiger partial charge in [0.05, 0.1) is 19.4 Å². The van der Waals surface area contributed by atoms with E-state index in [0.29, 0.717) is 12.8 Å². The van der Waals surface area contributed by atoms with Crippen LogP contribution in [-0.2, 0) is 19.2 Å². The van der Waals surface area contributed by atoms with E-state index in [9.17, 15) is 29.4 Å². The first kappa shape index (κ1) is 19.8. The smallest absolute Gasteiger partial charge is 0.317 e. The maximum Gasteiger partial charge on any atom is 0.317 e. The van der Waals surface area contributed by atoms with Gasteiger partial charge < -0.3 is 26.2 Å². The number of carboxylic acids is 4. The van der Waals surface area contributed by atoms with Crippen molar-refractivity contribution in [2.45, 2.75) is 49.6 Å². The molecular formula is C14H22N2O8. The Bertz CT molecular complexity index is 521. The zero-order valence-electron chi connectivity index (χ0n) is 13.0. The van der Waals surface area contributed by atoms with E-state index >= 15 is 0 Å². The van der Waals surface area contributed by atoms with Gasteiger partial charge in [-0.25, -0.2) is 0 Å². The minimum Gasteiger partial charge on any atom is -0.481 e. The number of carbonyl (C=O) groups is 4. The van der Waals surface area contributed by atoms with Gasteiger partial charge in [-0.2, -0.15) is 0 Å². The van der Waals surface area contributed by atoms with Crippen LogP contribution in [0.15, 0.2) is 0 Å². The quantitative estimate of drug-likeness (QED) is 0.312. The summed E-state index contributed by atoms with van der Waals surface area (Å²) in [6.07, 6.45) is -0.792. The lowest BCUT2D eigenvalue weighted by Crippen LogP contribution is -2.74. The van der Waals surface area contributed by atoms with Gasteiger partial charge in [-0.15, -0.1) is 0 Å². The third-order valence-corrected chi connectivity index (χ3v) is 4.67. The molecule has 0 saturated heterocycles. The molecular weight excluding hydrogens is 324 g/mol. The average Bonchev–Trinajstić information content (AvgIpc) is 2.40. The van der Waals surface area contributed by atoms with Crippen LogP contribution < -0.4 is 11.1 Å². The second kappa shape index (κ2) is 7.58. The van der Waals surface area contributed by atoms with Gasteiger partial charge in [0, 0.05) is 17.5 Å². The molecule has 7 N–H and O–H groups in total. The van der Waals surface area contributed by atoms with E-state index in [-0.39, 0.29) is 6.42 Å². The van der Waals surface area contributed by atoms with Crippen LogP contribution in [0, 0.1) is 5.92 Å². The van der Waals surface area contributed by atoms with E-state index in [0.717, 1.165) is 0 Å². The normalized spacial score (nSPS) is 29.8. The number of hydrogen-bond acceptors (Lipinski definition) is 6. The fraction of sp³-hybridized carbons (Fsp3) is 0.714. The molecule has 0 aliphatic heterocycles. The summed E-state index contributed by atoms with van der Waals surface area (Å²) in [5.74, 6) is -5.80. The highest BCUT2D eigenvalue weighted by atomic mass is 16.4. The van der Waals surface area contributed by atoms with Crippen molar-refractivity contribution >= 4 is 23.9 Å². The highest BCUT2D eigenvalue weighted by molar-refractivity contribution is 5.74. The molecule has 10 heteroatoms.